The Morgan fingerprint density at radius 1 is 1.05 bits per heavy atom. The number of allylic oxidation sites excluding steroid dienone is 5. The van der Waals surface area contributed by atoms with E-state index in [0.717, 1.165) is 67.3 Å². The highest BCUT2D eigenvalue weighted by atomic mass is 19.1. The minimum Gasteiger partial charge on any atom is -0.461 e. The van der Waals surface area contributed by atoms with Crippen LogP contribution in [0, 0.1) is 24.7 Å². The van der Waals surface area contributed by atoms with Gasteiger partial charge in [0.1, 0.15) is 11.5 Å². The van der Waals surface area contributed by atoms with E-state index in [0.29, 0.717) is 29.7 Å². The van der Waals surface area contributed by atoms with E-state index < -0.39 is 6.36 Å². The molecule has 2 aromatic rings. The minimum absolute atomic E-state index is 0. The summed E-state index contributed by atoms with van der Waals surface area (Å²) in [6.45, 7) is 9.68. The average molecular weight is 586 g/mol. The molecule has 0 spiro atoms. The van der Waals surface area contributed by atoms with E-state index in [1.54, 1.807) is 12.1 Å². The van der Waals surface area contributed by atoms with Crippen molar-refractivity contribution in [3.8, 4) is 5.75 Å². The molecule has 2 atom stereocenters. The number of carbonyl (C=O) groups is 2. The molecule has 2 aromatic carbocycles. The number of alkyl halides is 1. The van der Waals surface area contributed by atoms with E-state index in [2.05, 4.69) is 56.1 Å². The van der Waals surface area contributed by atoms with Gasteiger partial charge in [-0.3, -0.25) is 14.6 Å². The Labute approximate surface area is 258 Å². The van der Waals surface area contributed by atoms with E-state index in [4.69, 9.17) is 4.74 Å². The van der Waals surface area contributed by atoms with Crippen LogP contribution in [0.25, 0.3) is 5.57 Å². The van der Waals surface area contributed by atoms with Crippen molar-refractivity contribution in [2.75, 3.05) is 0 Å². The van der Waals surface area contributed by atoms with Crippen molar-refractivity contribution in [2.24, 2.45) is 22.7 Å². The highest BCUT2D eigenvalue weighted by molar-refractivity contribution is 6.13. The lowest BCUT2D eigenvalue weighted by Gasteiger charge is -2.27. The van der Waals surface area contributed by atoms with Gasteiger partial charge in [-0.05, 0) is 98.3 Å². The van der Waals surface area contributed by atoms with Gasteiger partial charge < -0.3 is 4.74 Å². The summed E-state index contributed by atoms with van der Waals surface area (Å²) < 4.78 is 17.8. The van der Waals surface area contributed by atoms with Gasteiger partial charge in [0.25, 0.3) is 0 Å². The number of Topliss-reactive ketones (excluding diaryl/α,β-unsaturated/α-hetero) is 2. The molecule has 2 unspecified atom stereocenters. The molecule has 0 N–H and O–H groups in total. The lowest BCUT2D eigenvalue weighted by Crippen LogP contribution is -2.24. The fourth-order valence-corrected chi connectivity index (χ4v) is 6.33. The van der Waals surface area contributed by atoms with Gasteiger partial charge in [-0.2, -0.15) is 0 Å². The van der Waals surface area contributed by atoms with Crippen LogP contribution in [0.5, 0.6) is 5.75 Å². The number of ketones is 2. The fourth-order valence-electron chi connectivity index (χ4n) is 6.33. The standard InChI is InChI=1S/C21H30O2.C17H16FNO.H2/c1-4-6-19(22)14-17-7-10-18(11-8-17)21(23)20-12-9-16(5-2)13-15(20)3;1-11-4-3-5-15-16(10-19-17(11)15)13-6-8-14(9-7-13)20-12(2)18;/h9,12-13,17-18H,4-8,10-11,14H2,1-3H3;3-10,12,15H,1-2H3;1H. The molecule has 1 saturated carbocycles. The number of aryl methyl sites for hydroxylation is 2. The Balaban J connectivity index is 0.000000237. The van der Waals surface area contributed by atoms with Crippen LogP contribution in [-0.2, 0) is 11.2 Å². The number of nitrogens with zero attached hydrogens (tertiary/aromatic N) is 1. The SMILES string of the molecule is CC1=CC=CC2C(c3ccc(OC(C)F)cc3)=CN=C12.CCCC(=O)CC1CCC(C(=O)c2ccc(CC)cc2C)CC1.[HH]. The third-order valence-corrected chi connectivity index (χ3v) is 8.74. The number of halogens is 1. The van der Waals surface area contributed by atoms with E-state index in [-0.39, 0.29) is 13.3 Å². The summed E-state index contributed by atoms with van der Waals surface area (Å²) in [4.78, 5) is 29.1. The number of aliphatic imine (C=N–C) groups is 1. The van der Waals surface area contributed by atoms with E-state index in [9.17, 15) is 14.0 Å². The van der Waals surface area contributed by atoms with Gasteiger partial charge in [0.05, 0.1) is 5.71 Å². The monoisotopic (exact) mass is 585 g/mol. The van der Waals surface area contributed by atoms with Crippen molar-refractivity contribution >= 4 is 22.9 Å². The summed E-state index contributed by atoms with van der Waals surface area (Å²) >= 11 is 0. The zero-order chi connectivity index (χ0) is 30.9. The summed E-state index contributed by atoms with van der Waals surface area (Å²) in [5.41, 5.74) is 7.87. The van der Waals surface area contributed by atoms with Gasteiger partial charge in [0.15, 0.2) is 5.78 Å². The number of rotatable bonds is 10. The van der Waals surface area contributed by atoms with Gasteiger partial charge in [0.2, 0.25) is 6.36 Å². The average Bonchev–Trinajstić information content (AvgIpc) is 3.43. The van der Waals surface area contributed by atoms with Crippen molar-refractivity contribution < 1.29 is 20.1 Å². The second-order valence-electron chi connectivity index (χ2n) is 12.1. The summed E-state index contributed by atoms with van der Waals surface area (Å²) in [5.74, 6) is 2.13. The highest BCUT2D eigenvalue weighted by Crippen LogP contribution is 2.36. The molecule has 2 aliphatic carbocycles. The minimum atomic E-state index is -1.30. The lowest BCUT2D eigenvalue weighted by molar-refractivity contribution is -0.120. The molecule has 0 radical (unpaired) electrons. The van der Waals surface area contributed by atoms with Gasteiger partial charge in [-0.1, -0.05) is 62.4 Å². The molecule has 1 aliphatic heterocycles. The molecule has 5 rings (SSSR count). The summed E-state index contributed by atoms with van der Waals surface area (Å²) in [7, 11) is 0. The first-order valence-corrected chi connectivity index (χ1v) is 15.9. The van der Waals surface area contributed by atoms with Crippen molar-refractivity contribution in [3.05, 3.63) is 94.7 Å². The van der Waals surface area contributed by atoms with Crippen LogP contribution in [0.3, 0.4) is 0 Å². The zero-order valence-electron chi connectivity index (χ0n) is 26.4. The van der Waals surface area contributed by atoms with Gasteiger partial charge >= 0.3 is 0 Å². The molecular formula is C38H48FNO3. The molecule has 43 heavy (non-hydrogen) atoms. The second kappa shape index (κ2) is 15.2. The van der Waals surface area contributed by atoms with Crippen molar-refractivity contribution in [2.45, 2.75) is 92.3 Å². The van der Waals surface area contributed by atoms with Crippen molar-refractivity contribution in [3.63, 3.8) is 0 Å². The Morgan fingerprint density at radius 3 is 2.40 bits per heavy atom. The lowest BCUT2D eigenvalue weighted by atomic mass is 9.76. The Bertz CT molecular complexity index is 1410. The van der Waals surface area contributed by atoms with Crippen LogP contribution >= 0.6 is 0 Å². The molecule has 1 heterocycles. The van der Waals surface area contributed by atoms with E-state index in [1.807, 2.05) is 31.3 Å². The molecule has 230 valence electrons. The number of carbonyl (C=O) groups excluding carboxylic acids is 2. The predicted octanol–water partition coefficient (Wildman–Crippen LogP) is 9.86. The largest absolute Gasteiger partial charge is 0.461 e. The number of benzene rings is 2. The molecule has 0 amide bonds. The van der Waals surface area contributed by atoms with Crippen LogP contribution in [-0.4, -0.2) is 23.6 Å². The maximum Gasteiger partial charge on any atom is 0.235 e. The summed E-state index contributed by atoms with van der Waals surface area (Å²) in [5, 5.41) is 0. The Kier molecular flexibility index (Phi) is 11.4. The molecule has 5 heteroatoms. The second-order valence-corrected chi connectivity index (χ2v) is 12.1. The molecule has 0 bridgehead atoms. The first-order valence-electron chi connectivity index (χ1n) is 15.9. The predicted molar refractivity (Wildman–Crippen MR) is 176 cm³/mol. The first kappa shape index (κ1) is 32.3. The summed E-state index contributed by atoms with van der Waals surface area (Å²) in [6.07, 6.45) is 14.2. The third kappa shape index (κ3) is 8.49. The normalized spacial score (nSPS) is 21.4. The number of hydrogen-bond acceptors (Lipinski definition) is 4. The molecule has 1 fully saturated rings. The van der Waals surface area contributed by atoms with Crippen LogP contribution in [0.4, 0.5) is 4.39 Å². The van der Waals surface area contributed by atoms with Gasteiger partial charge in [-0.25, -0.2) is 4.39 Å². The smallest absolute Gasteiger partial charge is 0.235 e. The first-order chi connectivity index (χ1) is 20.7. The fraction of sp³-hybridized carbons (Fsp3) is 0.447. The van der Waals surface area contributed by atoms with Crippen molar-refractivity contribution in [1.29, 1.82) is 0 Å². The molecule has 4 nitrogen and oxygen atoms in total. The zero-order valence-corrected chi connectivity index (χ0v) is 26.4. The quantitative estimate of drug-likeness (QED) is 0.261. The van der Waals surface area contributed by atoms with Gasteiger partial charge in [0, 0.05) is 44.8 Å². The van der Waals surface area contributed by atoms with Gasteiger partial charge in [-0.15, -0.1) is 0 Å². The van der Waals surface area contributed by atoms with Crippen LogP contribution in [0.15, 0.2) is 77.5 Å². The number of ether oxygens (including phenoxy) is 1. The van der Waals surface area contributed by atoms with Crippen LogP contribution < -0.4 is 4.74 Å². The summed E-state index contributed by atoms with van der Waals surface area (Å²) in [6, 6.07) is 13.7. The topological polar surface area (TPSA) is 55.7 Å². The number of fused-ring (bicyclic) bond motifs is 1. The van der Waals surface area contributed by atoms with Crippen LogP contribution in [0.2, 0.25) is 0 Å². The van der Waals surface area contributed by atoms with E-state index in [1.165, 1.54) is 23.6 Å². The molecule has 3 aliphatic rings. The highest BCUT2D eigenvalue weighted by Gasteiger charge is 2.29. The molecular weight excluding hydrogens is 537 g/mol. The van der Waals surface area contributed by atoms with Crippen molar-refractivity contribution in [1.82, 2.24) is 0 Å². The maximum absolute atomic E-state index is 12.8. The van der Waals surface area contributed by atoms with E-state index >= 15 is 0 Å². The Hall–Kier alpha value is -3.60. The maximum atomic E-state index is 12.8. The molecule has 0 saturated heterocycles. The molecule has 0 aromatic heterocycles. The Morgan fingerprint density at radius 2 is 1.77 bits per heavy atom. The third-order valence-electron chi connectivity index (χ3n) is 8.74. The van der Waals surface area contributed by atoms with Crippen LogP contribution in [0.1, 0.15) is 101 Å². The number of hydrogen-bond donors (Lipinski definition) is 0.